The molecule has 0 atom stereocenters. The lowest BCUT2D eigenvalue weighted by molar-refractivity contribution is -0.133. The molecule has 0 N–H and O–H groups in total. The maximum atomic E-state index is 12.4. The quantitative estimate of drug-likeness (QED) is 0.775. The first-order chi connectivity index (χ1) is 9.40. The summed E-state index contributed by atoms with van der Waals surface area (Å²) in [5.41, 5.74) is 4.62. The van der Waals surface area contributed by atoms with Crippen molar-refractivity contribution in [2.45, 2.75) is 33.1 Å². The van der Waals surface area contributed by atoms with Gasteiger partial charge in [-0.15, -0.1) is 0 Å². The van der Waals surface area contributed by atoms with E-state index in [9.17, 15) is 9.59 Å². The van der Waals surface area contributed by atoms with Gasteiger partial charge >= 0.3 is 0 Å². The van der Waals surface area contributed by atoms with Crippen molar-refractivity contribution in [3.8, 4) is 0 Å². The minimum atomic E-state index is -0.147. The zero-order valence-electron chi connectivity index (χ0n) is 12.7. The van der Waals surface area contributed by atoms with Crippen LogP contribution in [0.2, 0.25) is 0 Å². The number of hydrogen-bond donors (Lipinski definition) is 0. The molecule has 1 aliphatic heterocycles. The van der Waals surface area contributed by atoms with Gasteiger partial charge in [-0.2, -0.15) is 0 Å². The number of aryl methyl sites for hydroxylation is 2. The molecule has 1 heterocycles. The van der Waals surface area contributed by atoms with Crippen molar-refractivity contribution in [2.75, 3.05) is 25.5 Å². The van der Waals surface area contributed by atoms with Crippen molar-refractivity contribution in [3.05, 3.63) is 28.8 Å². The molecule has 0 saturated heterocycles. The molecule has 0 unspecified atom stereocenters. The van der Waals surface area contributed by atoms with Gasteiger partial charge < -0.3 is 9.80 Å². The normalized spacial score (nSPS) is 13.9. The highest BCUT2D eigenvalue weighted by Crippen LogP contribution is 2.31. The first-order valence-corrected chi connectivity index (χ1v) is 7.01. The summed E-state index contributed by atoms with van der Waals surface area (Å²) in [7, 11) is 3.35. The van der Waals surface area contributed by atoms with Crippen LogP contribution in [-0.4, -0.2) is 37.4 Å². The van der Waals surface area contributed by atoms with E-state index in [0.29, 0.717) is 6.54 Å². The predicted molar refractivity (Wildman–Crippen MR) is 79.9 cm³/mol. The van der Waals surface area contributed by atoms with Crippen molar-refractivity contribution in [1.82, 2.24) is 4.90 Å². The van der Waals surface area contributed by atoms with Crippen molar-refractivity contribution in [3.63, 3.8) is 0 Å². The highest BCUT2D eigenvalue weighted by molar-refractivity contribution is 6.05. The molecule has 0 aliphatic carbocycles. The first kappa shape index (κ1) is 14.6. The summed E-state index contributed by atoms with van der Waals surface area (Å²) in [4.78, 5) is 27.3. The highest BCUT2D eigenvalue weighted by atomic mass is 16.2. The van der Waals surface area contributed by atoms with Crippen LogP contribution in [0.4, 0.5) is 5.69 Å². The Morgan fingerprint density at radius 3 is 2.60 bits per heavy atom. The molecule has 0 aromatic heterocycles. The number of benzene rings is 1. The van der Waals surface area contributed by atoms with Gasteiger partial charge in [0.1, 0.15) is 6.42 Å². The minimum Gasteiger partial charge on any atom is -0.348 e. The lowest BCUT2D eigenvalue weighted by atomic mass is 9.95. The van der Waals surface area contributed by atoms with E-state index in [4.69, 9.17) is 0 Å². The monoisotopic (exact) mass is 274 g/mol. The van der Waals surface area contributed by atoms with Crippen LogP contribution in [0.5, 0.6) is 0 Å². The summed E-state index contributed by atoms with van der Waals surface area (Å²) in [6.45, 7) is 4.83. The molecule has 0 fully saturated rings. The van der Waals surface area contributed by atoms with E-state index >= 15 is 0 Å². The van der Waals surface area contributed by atoms with Gasteiger partial charge in [0.15, 0.2) is 0 Å². The molecule has 0 bridgehead atoms. The molecule has 2 rings (SSSR count). The van der Waals surface area contributed by atoms with Crippen LogP contribution in [0, 0.1) is 13.8 Å². The average molecular weight is 274 g/mol. The number of anilines is 1. The predicted octanol–water partition coefficient (Wildman–Crippen LogP) is 2.06. The van der Waals surface area contributed by atoms with E-state index in [-0.39, 0.29) is 18.2 Å². The lowest BCUT2D eigenvalue weighted by Crippen LogP contribution is -2.38. The topological polar surface area (TPSA) is 40.6 Å². The van der Waals surface area contributed by atoms with Gasteiger partial charge in [-0.05, 0) is 49.4 Å². The maximum absolute atomic E-state index is 12.4. The van der Waals surface area contributed by atoms with E-state index in [1.165, 1.54) is 16.0 Å². The van der Waals surface area contributed by atoms with E-state index in [1.54, 1.807) is 19.0 Å². The Balaban J connectivity index is 2.28. The van der Waals surface area contributed by atoms with Crippen LogP contribution in [-0.2, 0) is 16.0 Å². The summed E-state index contributed by atoms with van der Waals surface area (Å²) in [5.74, 6) is -0.249. The van der Waals surface area contributed by atoms with Gasteiger partial charge in [-0.25, -0.2) is 0 Å². The van der Waals surface area contributed by atoms with Gasteiger partial charge in [0.25, 0.3) is 0 Å². The number of rotatable bonds is 2. The molecular weight excluding hydrogens is 252 g/mol. The largest absolute Gasteiger partial charge is 0.348 e. The van der Waals surface area contributed by atoms with Gasteiger partial charge in [0.05, 0.1) is 0 Å². The number of nitrogens with zero attached hydrogens (tertiary/aromatic N) is 2. The molecule has 20 heavy (non-hydrogen) atoms. The fraction of sp³-hybridized carbons (Fsp3) is 0.500. The van der Waals surface area contributed by atoms with E-state index in [1.807, 2.05) is 6.92 Å². The molecule has 4 heteroatoms. The van der Waals surface area contributed by atoms with Gasteiger partial charge in [-0.1, -0.05) is 6.07 Å². The van der Waals surface area contributed by atoms with E-state index in [0.717, 1.165) is 24.1 Å². The molecule has 1 aliphatic rings. The summed E-state index contributed by atoms with van der Waals surface area (Å²) in [5, 5.41) is 0. The molecule has 0 spiro atoms. The van der Waals surface area contributed by atoms with E-state index in [2.05, 4.69) is 19.1 Å². The molecule has 1 aromatic carbocycles. The van der Waals surface area contributed by atoms with Crippen LogP contribution in [0.15, 0.2) is 12.1 Å². The first-order valence-electron chi connectivity index (χ1n) is 7.01. The molecule has 1 aromatic rings. The van der Waals surface area contributed by atoms with Crippen molar-refractivity contribution >= 4 is 17.5 Å². The third-order valence-electron chi connectivity index (χ3n) is 3.80. The van der Waals surface area contributed by atoms with Gasteiger partial charge in [0, 0.05) is 26.3 Å². The summed E-state index contributed by atoms with van der Waals surface area (Å²) in [6, 6.07) is 4.21. The zero-order chi connectivity index (χ0) is 14.9. The van der Waals surface area contributed by atoms with E-state index < -0.39 is 0 Å². The minimum absolute atomic E-state index is 0.0561. The standard InChI is InChI=1S/C16H22N2O2/c1-11-8-12(2)13-6-5-7-18(14(13)9-11)16(20)10-15(19)17(3)4/h8-9H,5-7,10H2,1-4H3. The SMILES string of the molecule is Cc1cc(C)c2c(c1)N(C(=O)CC(=O)N(C)C)CCC2. The molecule has 0 saturated carbocycles. The molecular formula is C16H22N2O2. The smallest absolute Gasteiger partial charge is 0.236 e. The third-order valence-corrected chi connectivity index (χ3v) is 3.80. The second-order valence-corrected chi connectivity index (χ2v) is 5.69. The van der Waals surface area contributed by atoms with Crippen molar-refractivity contribution in [2.24, 2.45) is 0 Å². The molecule has 108 valence electrons. The van der Waals surface area contributed by atoms with Crippen LogP contribution in [0.25, 0.3) is 0 Å². The fourth-order valence-electron chi connectivity index (χ4n) is 2.72. The zero-order valence-corrected chi connectivity index (χ0v) is 12.7. The number of carbonyl (C=O) groups excluding carboxylic acids is 2. The summed E-state index contributed by atoms with van der Waals surface area (Å²) >= 11 is 0. The molecule has 0 radical (unpaired) electrons. The van der Waals surface area contributed by atoms with Crippen LogP contribution in [0.1, 0.15) is 29.5 Å². The second-order valence-electron chi connectivity index (χ2n) is 5.69. The van der Waals surface area contributed by atoms with Crippen LogP contribution in [0.3, 0.4) is 0 Å². The lowest BCUT2D eigenvalue weighted by Gasteiger charge is -2.31. The molecule has 2 amide bonds. The Hall–Kier alpha value is -1.84. The Morgan fingerprint density at radius 1 is 1.25 bits per heavy atom. The Kier molecular flexibility index (Phi) is 4.12. The Morgan fingerprint density at radius 2 is 1.95 bits per heavy atom. The summed E-state index contributed by atoms with van der Waals surface area (Å²) in [6.07, 6.45) is 1.91. The van der Waals surface area contributed by atoms with Gasteiger partial charge in [-0.3, -0.25) is 9.59 Å². The Bertz CT molecular complexity index is 550. The van der Waals surface area contributed by atoms with Gasteiger partial charge in [0.2, 0.25) is 11.8 Å². The Labute approximate surface area is 120 Å². The average Bonchev–Trinajstić information content (AvgIpc) is 2.37. The number of hydrogen-bond acceptors (Lipinski definition) is 2. The fourth-order valence-corrected chi connectivity index (χ4v) is 2.72. The van der Waals surface area contributed by atoms with Crippen molar-refractivity contribution < 1.29 is 9.59 Å². The maximum Gasteiger partial charge on any atom is 0.236 e. The number of carbonyl (C=O) groups is 2. The third kappa shape index (κ3) is 2.84. The van der Waals surface area contributed by atoms with Crippen LogP contribution >= 0.6 is 0 Å². The summed E-state index contributed by atoms with van der Waals surface area (Å²) < 4.78 is 0. The molecule has 4 nitrogen and oxygen atoms in total. The van der Waals surface area contributed by atoms with Crippen molar-refractivity contribution in [1.29, 1.82) is 0 Å². The number of fused-ring (bicyclic) bond motifs is 1. The highest BCUT2D eigenvalue weighted by Gasteiger charge is 2.25. The second kappa shape index (κ2) is 5.65. The number of amides is 2. The van der Waals surface area contributed by atoms with Crippen LogP contribution < -0.4 is 4.90 Å².